The molecule has 0 N–H and O–H groups in total. The molecule has 0 saturated carbocycles. The van der Waals surface area contributed by atoms with Gasteiger partial charge in [0.2, 0.25) is 15.9 Å². The van der Waals surface area contributed by atoms with Gasteiger partial charge in [-0.05, 0) is 42.7 Å². The highest BCUT2D eigenvalue weighted by atomic mass is 32.2. The SMILES string of the molecule is CS(=O)(=O)N1CCC(C(=O)N(Cc2cccnc2)c2nc3ccc(F)cc3s2)CC1. The third kappa shape index (κ3) is 4.50. The van der Waals surface area contributed by atoms with Gasteiger partial charge in [0.15, 0.2) is 5.13 Å². The maximum absolute atomic E-state index is 13.6. The van der Waals surface area contributed by atoms with E-state index in [-0.39, 0.29) is 17.6 Å². The number of piperidine rings is 1. The lowest BCUT2D eigenvalue weighted by molar-refractivity contribution is -0.123. The Morgan fingerprint density at radius 2 is 2.07 bits per heavy atom. The van der Waals surface area contributed by atoms with Gasteiger partial charge >= 0.3 is 0 Å². The van der Waals surface area contributed by atoms with Crippen LogP contribution in [0.1, 0.15) is 18.4 Å². The number of fused-ring (bicyclic) bond motifs is 1. The molecule has 1 aliphatic heterocycles. The fourth-order valence-electron chi connectivity index (χ4n) is 3.57. The molecule has 0 radical (unpaired) electrons. The molecular formula is C20H21FN4O3S2. The number of thiazole rings is 1. The molecule has 4 rings (SSSR count). The van der Waals surface area contributed by atoms with Gasteiger partial charge in [-0.3, -0.25) is 14.7 Å². The number of pyridine rings is 1. The van der Waals surface area contributed by atoms with Crippen molar-refractivity contribution in [2.45, 2.75) is 19.4 Å². The summed E-state index contributed by atoms with van der Waals surface area (Å²) in [6.07, 6.45) is 5.45. The van der Waals surface area contributed by atoms with Crippen LogP contribution in [0, 0.1) is 11.7 Å². The minimum absolute atomic E-state index is 0.105. The average Bonchev–Trinajstić information content (AvgIpc) is 3.14. The zero-order valence-electron chi connectivity index (χ0n) is 16.4. The minimum Gasteiger partial charge on any atom is -0.283 e. The number of sulfonamides is 1. The number of anilines is 1. The van der Waals surface area contributed by atoms with E-state index in [1.54, 1.807) is 29.4 Å². The summed E-state index contributed by atoms with van der Waals surface area (Å²) in [5.74, 6) is -0.758. The molecule has 7 nitrogen and oxygen atoms in total. The molecule has 0 unspecified atom stereocenters. The second-order valence-corrected chi connectivity index (χ2v) is 10.3. The molecule has 0 aliphatic carbocycles. The van der Waals surface area contributed by atoms with Crippen LogP contribution in [0.15, 0.2) is 42.7 Å². The normalized spacial score (nSPS) is 16.1. The fourth-order valence-corrected chi connectivity index (χ4v) is 5.44. The summed E-state index contributed by atoms with van der Waals surface area (Å²) in [5, 5.41) is 0.495. The Kier molecular flexibility index (Phi) is 5.81. The Morgan fingerprint density at radius 1 is 1.30 bits per heavy atom. The summed E-state index contributed by atoms with van der Waals surface area (Å²) in [7, 11) is -3.26. The van der Waals surface area contributed by atoms with Crippen molar-refractivity contribution in [2.24, 2.45) is 5.92 Å². The third-order valence-electron chi connectivity index (χ3n) is 5.17. The van der Waals surface area contributed by atoms with E-state index in [0.717, 1.165) is 5.56 Å². The molecule has 0 spiro atoms. The standard InChI is InChI=1S/C20H21FN4O3S2/c1-30(27,28)24-9-6-15(7-10-24)19(26)25(13-14-3-2-8-22-12-14)20-23-17-5-4-16(21)11-18(17)29-20/h2-5,8,11-12,15H,6-7,9-10,13H2,1H3. The van der Waals surface area contributed by atoms with Gasteiger partial charge in [0.05, 0.1) is 23.0 Å². The quantitative estimate of drug-likeness (QED) is 0.599. The first-order valence-electron chi connectivity index (χ1n) is 9.53. The van der Waals surface area contributed by atoms with Gasteiger partial charge in [-0.25, -0.2) is 22.1 Å². The maximum Gasteiger partial charge on any atom is 0.232 e. The first-order chi connectivity index (χ1) is 14.3. The number of amides is 1. The molecule has 3 aromatic rings. The monoisotopic (exact) mass is 448 g/mol. The highest BCUT2D eigenvalue weighted by molar-refractivity contribution is 7.88. The summed E-state index contributed by atoms with van der Waals surface area (Å²) in [6.45, 7) is 0.934. The molecule has 0 bridgehead atoms. The number of halogens is 1. The van der Waals surface area contributed by atoms with Crippen LogP contribution in [-0.4, -0.2) is 47.9 Å². The Bertz CT molecular complexity index is 1160. The molecule has 10 heteroatoms. The van der Waals surface area contributed by atoms with Crippen molar-refractivity contribution in [3.63, 3.8) is 0 Å². The van der Waals surface area contributed by atoms with Crippen LogP contribution in [0.3, 0.4) is 0 Å². The number of rotatable bonds is 5. The predicted molar refractivity (Wildman–Crippen MR) is 114 cm³/mol. The smallest absolute Gasteiger partial charge is 0.232 e. The molecule has 2 aromatic heterocycles. The molecule has 30 heavy (non-hydrogen) atoms. The van der Waals surface area contributed by atoms with Crippen molar-refractivity contribution in [3.8, 4) is 0 Å². The number of aromatic nitrogens is 2. The Balaban J connectivity index is 1.62. The molecular weight excluding hydrogens is 427 g/mol. The minimum atomic E-state index is -3.26. The number of carbonyl (C=O) groups excluding carboxylic acids is 1. The number of hydrogen-bond donors (Lipinski definition) is 0. The predicted octanol–water partition coefficient (Wildman–Crippen LogP) is 3.04. The zero-order valence-corrected chi connectivity index (χ0v) is 18.0. The highest BCUT2D eigenvalue weighted by Crippen LogP contribution is 2.32. The summed E-state index contributed by atoms with van der Waals surface area (Å²) >= 11 is 1.26. The molecule has 1 aromatic carbocycles. The third-order valence-corrected chi connectivity index (χ3v) is 7.52. The van der Waals surface area contributed by atoms with Gasteiger partial charge < -0.3 is 0 Å². The van der Waals surface area contributed by atoms with Crippen molar-refractivity contribution in [1.82, 2.24) is 14.3 Å². The summed E-state index contributed by atoms with van der Waals surface area (Å²) < 4.78 is 39.2. The van der Waals surface area contributed by atoms with Crippen LogP contribution in [0.4, 0.5) is 9.52 Å². The Morgan fingerprint density at radius 3 is 2.73 bits per heavy atom. The van der Waals surface area contributed by atoms with E-state index in [1.807, 2.05) is 6.07 Å². The lowest BCUT2D eigenvalue weighted by Crippen LogP contribution is -2.44. The van der Waals surface area contributed by atoms with E-state index in [1.165, 1.54) is 34.0 Å². The molecule has 1 saturated heterocycles. The largest absolute Gasteiger partial charge is 0.283 e. The van der Waals surface area contributed by atoms with E-state index in [0.29, 0.717) is 47.8 Å². The van der Waals surface area contributed by atoms with Crippen molar-refractivity contribution in [1.29, 1.82) is 0 Å². The van der Waals surface area contributed by atoms with Crippen LogP contribution >= 0.6 is 11.3 Å². The average molecular weight is 449 g/mol. The summed E-state index contributed by atoms with van der Waals surface area (Å²) in [4.78, 5) is 23.7. The number of carbonyl (C=O) groups is 1. The molecule has 1 fully saturated rings. The summed E-state index contributed by atoms with van der Waals surface area (Å²) in [6, 6.07) is 8.04. The second kappa shape index (κ2) is 8.37. The van der Waals surface area contributed by atoms with E-state index < -0.39 is 10.0 Å². The number of hydrogen-bond acceptors (Lipinski definition) is 6. The van der Waals surface area contributed by atoms with E-state index in [4.69, 9.17) is 0 Å². The van der Waals surface area contributed by atoms with E-state index >= 15 is 0 Å². The van der Waals surface area contributed by atoms with Crippen molar-refractivity contribution in [2.75, 3.05) is 24.2 Å². The lowest BCUT2D eigenvalue weighted by atomic mass is 9.96. The fraction of sp³-hybridized carbons (Fsp3) is 0.350. The van der Waals surface area contributed by atoms with E-state index in [9.17, 15) is 17.6 Å². The van der Waals surface area contributed by atoms with Gasteiger partial charge in [-0.15, -0.1) is 0 Å². The summed E-state index contributed by atoms with van der Waals surface area (Å²) in [5.41, 5.74) is 1.48. The molecule has 0 atom stereocenters. The topological polar surface area (TPSA) is 83.5 Å². The number of nitrogens with zero attached hydrogens (tertiary/aromatic N) is 4. The molecule has 158 valence electrons. The Hall–Kier alpha value is -2.43. The first kappa shape index (κ1) is 20.8. The van der Waals surface area contributed by atoms with Crippen molar-refractivity contribution in [3.05, 3.63) is 54.1 Å². The van der Waals surface area contributed by atoms with Crippen LogP contribution in [0.2, 0.25) is 0 Å². The maximum atomic E-state index is 13.6. The van der Waals surface area contributed by atoms with Gasteiger partial charge in [-0.2, -0.15) is 0 Å². The molecule has 3 heterocycles. The van der Waals surface area contributed by atoms with E-state index in [2.05, 4.69) is 9.97 Å². The van der Waals surface area contributed by atoms with Gasteiger partial charge in [-0.1, -0.05) is 17.4 Å². The van der Waals surface area contributed by atoms with Crippen molar-refractivity contribution < 1.29 is 17.6 Å². The molecule has 1 amide bonds. The second-order valence-electron chi connectivity index (χ2n) is 7.33. The highest BCUT2D eigenvalue weighted by Gasteiger charge is 2.33. The Labute approximate surface area is 178 Å². The van der Waals surface area contributed by atoms with Crippen LogP contribution in [0.25, 0.3) is 10.2 Å². The van der Waals surface area contributed by atoms with Gasteiger partial charge in [0.1, 0.15) is 5.82 Å². The van der Waals surface area contributed by atoms with Gasteiger partial charge in [0.25, 0.3) is 0 Å². The van der Waals surface area contributed by atoms with Crippen LogP contribution < -0.4 is 4.90 Å². The van der Waals surface area contributed by atoms with Crippen molar-refractivity contribution >= 4 is 42.6 Å². The lowest BCUT2D eigenvalue weighted by Gasteiger charge is -2.32. The first-order valence-corrected chi connectivity index (χ1v) is 12.2. The van der Waals surface area contributed by atoms with Crippen LogP contribution in [-0.2, 0) is 21.4 Å². The number of benzene rings is 1. The van der Waals surface area contributed by atoms with Crippen LogP contribution in [0.5, 0.6) is 0 Å². The van der Waals surface area contributed by atoms with Gasteiger partial charge in [0, 0.05) is 31.4 Å². The molecule has 1 aliphatic rings. The zero-order chi connectivity index (χ0) is 21.3.